The standard InChI is InChI=1S/C16H18NO2/c18-17(19)15-3-1-14(2-4-15)16-8-11-5-12(9-16)7-13(6-11)10-16/h1-4,11-12H,5-10H2. The number of rotatable bonds is 2. The van der Waals surface area contributed by atoms with Gasteiger partial charge in [-0.15, -0.1) is 0 Å². The number of nitrogens with zero attached hydrogens (tertiary/aromatic N) is 1. The van der Waals surface area contributed by atoms with Gasteiger partial charge in [-0.2, -0.15) is 0 Å². The van der Waals surface area contributed by atoms with Crippen LogP contribution in [0.5, 0.6) is 0 Å². The molecule has 0 heterocycles. The van der Waals surface area contributed by atoms with Crippen molar-refractivity contribution >= 4 is 5.69 Å². The van der Waals surface area contributed by atoms with Crippen LogP contribution in [0.2, 0.25) is 0 Å². The van der Waals surface area contributed by atoms with Gasteiger partial charge >= 0.3 is 0 Å². The summed E-state index contributed by atoms with van der Waals surface area (Å²) >= 11 is 0. The van der Waals surface area contributed by atoms with Crippen molar-refractivity contribution in [1.29, 1.82) is 0 Å². The van der Waals surface area contributed by atoms with Crippen LogP contribution in [-0.4, -0.2) is 4.92 Å². The third-order valence-electron chi connectivity index (χ3n) is 5.46. The van der Waals surface area contributed by atoms with E-state index in [0.29, 0.717) is 5.41 Å². The van der Waals surface area contributed by atoms with Crippen molar-refractivity contribution in [2.45, 2.75) is 43.9 Å². The summed E-state index contributed by atoms with van der Waals surface area (Å²) in [6.07, 6.45) is 7.95. The van der Waals surface area contributed by atoms with Crippen molar-refractivity contribution in [2.24, 2.45) is 11.8 Å². The second-order valence-electron chi connectivity index (χ2n) is 6.80. The minimum atomic E-state index is -0.307. The molecule has 19 heavy (non-hydrogen) atoms. The van der Waals surface area contributed by atoms with Gasteiger partial charge in [-0.05, 0) is 67.3 Å². The molecular formula is C16H18NO2. The zero-order valence-electron chi connectivity index (χ0n) is 11.0. The molecule has 0 N–H and O–H groups in total. The second-order valence-corrected chi connectivity index (χ2v) is 6.80. The molecule has 0 amide bonds. The lowest BCUT2D eigenvalue weighted by Gasteiger charge is -2.56. The van der Waals surface area contributed by atoms with E-state index < -0.39 is 0 Å². The highest BCUT2D eigenvalue weighted by molar-refractivity contribution is 5.39. The highest BCUT2D eigenvalue weighted by atomic mass is 16.6. The van der Waals surface area contributed by atoms with Crippen LogP contribution < -0.4 is 0 Å². The maximum atomic E-state index is 10.8. The summed E-state index contributed by atoms with van der Waals surface area (Å²) in [6.45, 7) is 0. The lowest BCUT2D eigenvalue weighted by molar-refractivity contribution is -0.384. The van der Waals surface area contributed by atoms with E-state index in [9.17, 15) is 10.1 Å². The Morgan fingerprint density at radius 1 is 1.11 bits per heavy atom. The molecule has 99 valence electrons. The van der Waals surface area contributed by atoms with Crippen molar-refractivity contribution in [2.75, 3.05) is 0 Å². The average molecular weight is 256 g/mol. The number of benzene rings is 1. The normalized spacial score (nSPS) is 36.6. The van der Waals surface area contributed by atoms with Crippen molar-refractivity contribution in [1.82, 2.24) is 0 Å². The van der Waals surface area contributed by atoms with Crippen LogP contribution >= 0.6 is 0 Å². The maximum absolute atomic E-state index is 10.8. The summed E-state index contributed by atoms with van der Waals surface area (Å²) in [7, 11) is 0. The van der Waals surface area contributed by atoms with Gasteiger partial charge in [0.25, 0.3) is 5.69 Å². The lowest BCUT2D eigenvalue weighted by Crippen LogP contribution is -2.47. The number of non-ortho nitro benzene ring substituents is 1. The molecule has 0 spiro atoms. The quantitative estimate of drug-likeness (QED) is 0.592. The van der Waals surface area contributed by atoms with Crippen LogP contribution in [-0.2, 0) is 5.41 Å². The molecule has 0 saturated heterocycles. The van der Waals surface area contributed by atoms with E-state index in [1.807, 2.05) is 12.1 Å². The van der Waals surface area contributed by atoms with Gasteiger partial charge in [0, 0.05) is 12.1 Å². The van der Waals surface area contributed by atoms with Crippen molar-refractivity contribution in [3.8, 4) is 0 Å². The molecule has 2 atom stereocenters. The van der Waals surface area contributed by atoms with Gasteiger partial charge < -0.3 is 0 Å². The molecule has 4 aliphatic rings. The SMILES string of the molecule is O=[N+]([O-])c1ccc(C23C[C]4CC(CC(C4)C2)C3)cc1. The van der Waals surface area contributed by atoms with Gasteiger partial charge in [0.15, 0.2) is 0 Å². The Bertz CT molecular complexity index is 485. The zero-order chi connectivity index (χ0) is 13.0. The second kappa shape index (κ2) is 3.81. The van der Waals surface area contributed by atoms with Gasteiger partial charge in [0.1, 0.15) is 0 Å². The third kappa shape index (κ3) is 1.71. The van der Waals surface area contributed by atoms with Gasteiger partial charge in [-0.3, -0.25) is 10.1 Å². The number of nitro groups is 1. The molecule has 5 rings (SSSR count). The van der Waals surface area contributed by atoms with E-state index in [-0.39, 0.29) is 10.6 Å². The summed E-state index contributed by atoms with van der Waals surface area (Å²) in [5, 5.41) is 10.8. The molecule has 4 aliphatic carbocycles. The van der Waals surface area contributed by atoms with E-state index >= 15 is 0 Å². The smallest absolute Gasteiger partial charge is 0.258 e. The Balaban J connectivity index is 1.69. The molecule has 0 aliphatic heterocycles. The Morgan fingerprint density at radius 3 is 2.26 bits per heavy atom. The molecule has 4 fully saturated rings. The lowest BCUT2D eigenvalue weighted by atomic mass is 9.48. The molecule has 1 aromatic rings. The van der Waals surface area contributed by atoms with E-state index in [1.165, 1.54) is 44.1 Å². The average Bonchev–Trinajstić information content (AvgIpc) is 2.37. The first-order valence-electron chi connectivity index (χ1n) is 7.23. The van der Waals surface area contributed by atoms with E-state index in [4.69, 9.17) is 0 Å². The summed E-state index contributed by atoms with van der Waals surface area (Å²) in [4.78, 5) is 10.5. The van der Waals surface area contributed by atoms with Crippen molar-refractivity contribution < 1.29 is 4.92 Å². The minimum absolute atomic E-state index is 0.209. The predicted molar refractivity (Wildman–Crippen MR) is 72.7 cm³/mol. The van der Waals surface area contributed by atoms with Gasteiger partial charge in [-0.25, -0.2) is 0 Å². The largest absolute Gasteiger partial charge is 0.269 e. The van der Waals surface area contributed by atoms with Crippen LogP contribution in [0.25, 0.3) is 0 Å². The fourth-order valence-corrected chi connectivity index (χ4v) is 5.08. The van der Waals surface area contributed by atoms with Crippen molar-refractivity contribution in [3.05, 3.63) is 45.9 Å². The third-order valence-corrected chi connectivity index (χ3v) is 5.46. The maximum Gasteiger partial charge on any atom is 0.269 e. The zero-order valence-corrected chi connectivity index (χ0v) is 11.0. The summed E-state index contributed by atoms with van der Waals surface area (Å²) in [5.41, 5.74) is 1.86. The van der Waals surface area contributed by atoms with Crippen LogP contribution in [0, 0.1) is 27.9 Å². The topological polar surface area (TPSA) is 43.1 Å². The molecule has 3 nitrogen and oxygen atoms in total. The first-order valence-corrected chi connectivity index (χ1v) is 7.23. The Labute approximate surface area is 113 Å². The van der Waals surface area contributed by atoms with E-state index in [2.05, 4.69) is 0 Å². The molecular weight excluding hydrogens is 238 g/mol. The number of hydrogen-bond donors (Lipinski definition) is 0. The molecule has 1 radical (unpaired) electrons. The fourth-order valence-electron chi connectivity index (χ4n) is 5.08. The Morgan fingerprint density at radius 2 is 1.74 bits per heavy atom. The fraction of sp³-hybridized carbons (Fsp3) is 0.562. The van der Waals surface area contributed by atoms with Gasteiger partial charge in [0.2, 0.25) is 0 Å². The summed E-state index contributed by atoms with van der Waals surface area (Å²) in [5.74, 6) is 3.52. The summed E-state index contributed by atoms with van der Waals surface area (Å²) in [6, 6.07) is 7.37. The van der Waals surface area contributed by atoms with Gasteiger partial charge in [-0.1, -0.05) is 12.1 Å². The van der Waals surface area contributed by atoms with Crippen LogP contribution in [0.3, 0.4) is 0 Å². The Hall–Kier alpha value is -1.38. The highest BCUT2D eigenvalue weighted by Crippen LogP contribution is 2.61. The van der Waals surface area contributed by atoms with Gasteiger partial charge in [0.05, 0.1) is 4.92 Å². The number of hydrogen-bond acceptors (Lipinski definition) is 2. The van der Waals surface area contributed by atoms with Crippen LogP contribution in [0.1, 0.15) is 44.1 Å². The number of nitro benzene ring substituents is 1. The molecule has 0 aromatic heterocycles. The van der Waals surface area contributed by atoms with E-state index in [0.717, 1.165) is 11.8 Å². The van der Waals surface area contributed by atoms with Crippen LogP contribution in [0.15, 0.2) is 24.3 Å². The highest BCUT2D eigenvalue weighted by Gasteiger charge is 2.51. The summed E-state index contributed by atoms with van der Waals surface area (Å²) < 4.78 is 0. The molecule has 2 unspecified atom stereocenters. The predicted octanol–water partition coefficient (Wildman–Crippen LogP) is 4.02. The molecule has 3 heteroatoms. The molecule has 4 bridgehead atoms. The molecule has 1 aromatic carbocycles. The molecule has 4 saturated carbocycles. The monoisotopic (exact) mass is 256 g/mol. The van der Waals surface area contributed by atoms with Crippen LogP contribution in [0.4, 0.5) is 5.69 Å². The first-order chi connectivity index (χ1) is 9.14. The minimum Gasteiger partial charge on any atom is -0.258 e. The first kappa shape index (κ1) is 11.4. The van der Waals surface area contributed by atoms with Crippen molar-refractivity contribution in [3.63, 3.8) is 0 Å². The van der Waals surface area contributed by atoms with E-state index in [1.54, 1.807) is 18.1 Å². The Kier molecular flexibility index (Phi) is 2.30.